The maximum Gasteiger partial charge on any atom is 0.329 e. The molecule has 0 radical (unpaired) electrons. The molecule has 2 heterocycles. The minimum absolute atomic E-state index is 0.0491. The Kier molecular flexibility index (Phi) is 4.43. The van der Waals surface area contributed by atoms with Gasteiger partial charge in [0.25, 0.3) is 11.5 Å². The van der Waals surface area contributed by atoms with Crippen LogP contribution in [0, 0.1) is 0 Å². The van der Waals surface area contributed by atoms with E-state index in [-0.39, 0.29) is 18.7 Å². The van der Waals surface area contributed by atoms with Crippen molar-refractivity contribution in [1.29, 1.82) is 0 Å². The molecule has 0 aliphatic carbocycles. The van der Waals surface area contributed by atoms with E-state index in [9.17, 15) is 14.4 Å². The number of carbonyl (C=O) groups excluding carboxylic acids is 1. The molecule has 0 bridgehead atoms. The monoisotopic (exact) mass is 297 g/mol. The van der Waals surface area contributed by atoms with Gasteiger partial charge in [-0.25, -0.2) is 9.78 Å². The molecule has 9 heteroatoms. The second-order valence-corrected chi connectivity index (χ2v) is 4.61. The minimum atomic E-state index is -1.08. The number of ether oxygens (including phenoxy) is 1. The molecule has 2 rings (SSSR count). The lowest BCUT2D eigenvalue weighted by atomic mass is 10.3. The van der Waals surface area contributed by atoms with Crippen molar-refractivity contribution in [3.63, 3.8) is 0 Å². The predicted octanol–water partition coefficient (Wildman–Crippen LogP) is -0.413. The summed E-state index contributed by atoms with van der Waals surface area (Å²) in [4.78, 5) is 38.5. The van der Waals surface area contributed by atoms with Crippen molar-refractivity contribution in [3.8, 4) is 0 Å². The van der Waals surface area contributed by atoms with Crippen LogP contribution in [0.1, 0.15) is 10.4 Å². The number of carboxylic acids is 1. The summed E-state index contributed by atoms with van der Waals surface area (Å²) in [6.45, 7) is -0.271. The first kappa shape index (κ1) is 14.2. The van der Waals surface area contributed by atoms with Crippen molar-refractivity contribution < 1.29 is 19.4 Å². The van der Waals surface area contributed by atoms with Crippen LogP contribution < -0.4 is 10.9 Å². The smallest absolute Gasteiger partial charge is 0.329 e. The molecule has 106 valence electrons. The Balaban J connectivity index is 1.96. The summed E-state index contributed by atoms with van der Waals surface area (Å²) in [5, 5.41) is 12.5. The molecule has 0 saturated carbocycles. The lowest BCUT2D eigenvalue weighted by molar-refractivity contribution is -0.142. The molecule has 0 aromatic carbocycles. The van der Waals surface area contributed by atoms with Gasteiger partial charge in [0.05, 0.1) is 6.61 Å². The Hall–Kier alpha value is -2.26. The molecule has 2 N–H and O–H groups in total. The summed E-state index contributed by atoms with van der Waals surface area (Å²) in [5.41, 5.74) is -0.515. The van der Waals surface area contributed by atoms with Crippen molar-refractivity contribution in [2.75, 3.05) is 19.8 Å². The van der Waals surface area contributed by atoms with E-state index in [2.05, 4.69) is 10.3 Å². The largest absolute Gasteiger partial charge is 0.480 e. The minimum Gasteiger partial charge on any atom is -0.480 e. The van der Waals surface area contributed by atoms with E-state index in [0.717, 1.165) is 0 Å². The van der Waals surface area contributed by atoms with E-state index in [4.69, 9.17) is 9.84 Å². The van der Waals surface area contributed by atoms with Crippen LogP contribution in [0.15, 0.2) is 22.6 Å². The van der Waals surface area contributed by atoms with Crippen LogP contribution in [-0.2, 0) is 9.53 Å². The fourth-order valence-corrected chi connectivity index (χ4v) is 2.15. The number of nitrogens with zero attached hydrogens (tertiary/aromatic N) is 2. The first-order valence-corrected chi connectivity index (χ1v) is 6.50. The second kappa shape index (κ2) is 6.26. The topological polar surface area (TPSA) is 110 Å². The van der Waals surface area contributed by atoms with Gasteiger partial charge in [-0.15, -0.1) is 11.3 Å². The van der Waals surface area contributed by atoms with Crippen LogP contribution in [0.2, 0.25) is 0 Å². The highest BCUT2D eigenvalue weighted by atomic mass is 32.1. The molecule has 0 spiro atoms. The molecule has 0 atom stereocenters. The molecule has 0 unspecified atom stereocenters. The lowest BCUT2D eigenvalue weighted by Crippen LogP contribution is -2.33. The summed E-state index contributed by atoms with van der Waals surface area (Å²) in [6, 6.07) is 0. The van der Waals surface area contributed by atoms with Crippen molar-refractivity contribution in [2.24, 2.45) is 0 Å². The fraction of sp³-hybridized carbons (Fsp3) is 0.273. The highest BCUT2D eigenvalue weighted by Crippen LogP contribution is 2.05. The number of carboxylic acid groups (broad SMARTS) is 1. The standard InChI is InChI=1S/C11H11N3O5S/c15-8(16)6-19-3-1-12-9(17)7-5-13-11-14(10(7)18)2-4-20-11/h2,4-5H,1,3,6H2,(H,12,17)(H,15,16). The third kappa shape index (κ3) is 3.19. The molecule has 20 heavy (non-hydrogen) atoms. The van der Waals surface area contributed by atoms with Crippen LogP contribution in [-0.4, -0.2) is 46.1 Å². The van der Waals surface area contributed by atoms with Crippen LogP contribution >= 0.6 is 11.3 Å². The van der Waals surface area contributed by atoms with E-state index in [0.29, 0.717) is 4.96 Å². The molecule has 8 nitrogen and oxygen atoms in total. The van der Waals surface area contributed by atoms with Gasteiger partial charge in [0, 0.05) is 24.3 Å². The number of thiazole rings is 1. The summed E-state index contributed by atoms with van der Waals surface area (Å²) in [5.74, 6) is -1.65. The molecule has 2 aromatic heterocycles. The van der Waals surface area contributed by atoms with E-state index in [1.807, 2.05) is 0 Å². The zero-order valence-electron chi connectivity index (χ0n) is 10.2. The normalized spacial score (nSPS) is 10.6. The zero-order valence-corrected chi connectivity index (χ0v) is 11.1. The highest BCUT2D eigenvalue weighted by Gasteiger charge is 2.13. The van der Waals surface area contributed by atoms with E-state index >= 15 is 0 Å². The Bertz CT molecular complexity index is 693. The number of hydrogen-bond donors (Lipinski definition) is 2. The summed E-state index contributed by atoms with van der Waals surface area (Å²) >= 11 is 1.29. The molecule has 1 amide bonds. The number of carbonyl (C=O) groups is 2. The molecule has 0 aliphatic heterocycles. The molecule has 0 fully saturated rings. The first-order chi connectivity index (χ1) is 9.59. The van der Waals surface area contributed by atoms with Gasteiger partial charge in [0.1, 0.15) is 12.2 Å². The maximum absolute atomic E-state index is 12.0. The number of aromatic nitrogens is 2. The van der Waals surface area contributed by atoms with Crippen LogP contribution in [0.4, 0.5) is 0 Å². The summed E-state index contributed by atoms with van der Waals surface area (Å²) in [7, 11) is 0. The van der Waals surface area contributed by atoms with Crippen LogP contribution in [0.25, 0.3) is 4.96 Å². The Labute approximate surface area is 116 Å². The van der Waals surface area contributed by atoms with Crippen molar-refractivity contribution in [1.82, 2.24) is 14.7 Å². The molecule has 2 aromatic rings. The molecule has 0 aliphatic rings. The second-order valence-electron chi connectivity index (χ2n) is 3.73. The number of nitrogens with one attached hydrogen (secondary N) is 1. The molecular weight excluding hydrogens is 286 g/mol. The number of rotatable bonds is 6. The lowest BCUT2D eigenvalue weighted by Gasteiger charge is -2.04. The summed E-state index contributed by atoms with van der Waals surface area (Å²) in [6.07, 6.45) is 2.77. The number of fused-ring (bicyclic) bond motifs is 1. The summed E-state index contributed by atoms with van der Waals surface area (Å²) < 4.78 is 6.05. The van der Waals surface area contributed by atoms with E-state index in [1.165, 1.54) is 21.9 Å². The fourth-order valence-electron chi connectivity index (χ4n) is 1.47. The first-order valence-electron chi connectivity index (χ1n) is 5.62. The van der Waals surface area contributed by atoms with Crippen LogP contribution in [0.3, 0.4) is 0 Å². The Morgan fingerprint density at radius 1 is 1.50 bits per heavy atom. The maximum atomic E-state index is 12.0. The van der Waals surface area contributed by atoms with Crippen molar-refractivity contribution in [2.45, 2.75) is 0 Å². The third-order valence-electron chi connectivity index (χ3n) is 2.34. The SMILES string of the molecule is O=C(O)COCCNC(=O)c1cnc2sccn2c1=O. The van der Waals surface area contributed by atoms with Gasteiger partial charge >= 0.3 is 5.97 Å². The van der Waals surface area contributed by atoms with Gasteiger partial charge in [-0.05, 0) is 0 Å². The predicted molar refractivity (Wildman–Crippen MR) is 70.1 cm³/mol. The molecular formula is C11H11N3O5S. The van der Waals surface area contributed by atoms with Crippen molar-refractivity contribution in [3.05, 3.63) is 33.7 Å². The van der Waals surface area contributed by atoms with Gasteiger partial charge < -0.3 is 15.2 Å². The number of aliphatic carboxylic acids is 1. The van der Waals surface area contributed by atoms with Crippen molar-refractivity contribution >= 4 is 28.2 Å². The van der Waals surface area contributed by atoms with Gasteiger partial charge in [0.15, 0.2) is 4.96 Å². The quantitative estimate of drug-likeness (QED) is 0.701. The number of hydrogen-bond acceptors (Lipinski definition) is 6. The average molecular weight is 297 g/mol. The van der Waals surface area contributed by atoms with Gasteiger partial charge in [0.2, 0.25) is 0 Å². The van der Waals surface area contributed by atoms with Gasteiger partial charge in [-0.1, -0.05) is 0 Å². The van der Waals surface area contributed by atoms with Gasteiger partial charge in [-0.2, -0.15) is 0 Å². The molecule has 0 saturated heterocycles. The highest BCUT2D eigenvalue weighted by molar-refractivity contribution is 7.15. The average Bonchev–Trinajstić information content (AvgIpc) is 2.87. The van der Waals surface area contributed by atoms with Gasteiger partial charge in [-0.3, -0.25) is 14.0 Å². The van der Waals surface area contributed by atoms with Crippen LogP contribution in [0.5, 0.6) is 0 Å². The Morgan fingerprint density at radius 3 is 3.05 bits per heavy atom. The van der Waals surface area contributed by atoms with E-state index < -0.39 is 24.0 Å². The van der Waals surface area contributed by atoms with E-state index in [1.54, 1.807) is 11.6 Å². The Morgan fingerprint density at radius 2 is 2.30 bits per heavy atom. The zero-order chi connectivity index (χ0) is 14.5. The number of amides is 1. The third-order valence-corrected chi connectivity index (χ3v) is 3.12.